The van der Waals surface area contributed by atoms with Crippen LogP contribution in [0, 0.1) is 5.41 Å². The lowest BCUT2D eigenvalue weighted by molar-refractivity contribution is 0.172. The minimum Gasteiger partial charge on any atom is -0.492 e. The van der Waals surface area contributed by atoms with E-state index in [0.717, 1.165) is 22.6 Å². The maximum Gasteiger partial charge on any atom is 0.133 e. The van der Waals surface area contributed by atoms with Gasteiger partial charge in [0.1, 0.15) is 5.75 Å². The monoisotopic (exact) mass is 300 g/mol. The van der Waals surface area contributed by atoms with Crippen LogP contribution >= 0.6 is 28.6 Å². The van der Waals surface area contributed by atoms with Gasteiger partial charge in [0.2, 0.25) is 0 Å². The normalized spacial score (nSPS) is 18.6. The Balaban J connectivity index is 1.98. The maximum atomic E-state index is 5.92. The fourth-order valence-electron chi connectivity index (χ4n) is 2.27. The van der Waals surface area contributed by atoms with Gasteiger partial charge in [-0.05, 0) is 46.7 Å². The summed E-state index contributed by atoms with van der Waals surface area (Å²) in [7, 11) is 0. The Labute approximate surface area is 111 Å². The topological polar surface area (TPSA) is 9.23 Å². The zero-order chi connectivity index (χ0) is 11.4. The number of ether oxygens (including phenoxy) is 1. The highest BCUT2D eigenvalue weighted by molar-refractivity contribution is 9.10. The summed E-state index contributed by atoms with van der Waals surface area (Å²) >= 11 is 7.98. The van der Waals surface area contributed by atoms with Gasteiger partial charge in [-0.1, -0.05) is 25.0 Å². The number of para-hydroxylation sites is 1. The molecule has 0 atom stereocenters. The molecular formula is C13H17BrOS. The van der Waals surface area contributed by atoms with Crippen LogP contribution in [0.3, 0.4) is 0 Å². The lowest BCUT2D eigenvalue weighted by Gasteiger charge is -2.26. The van der Waals surface area contributed by atoms with E-state index in [0.29, 0.717) is 5.41 Å². The van der Waals surface area contributed by atoms with Crippen molar-refractivity contribution in [2.24, 2.45) is 5.41 Å². The number of benzene rings is 1. The van der Waals surface area contributed by atoms with E-state index in [4.69, 9.17) is 4.74 Å². The average molecular weight is 301 g/mol. The zero-order valence-electron chi connectivity index (χ0n) is 9.29. The van der Waals surface area contributed by atoms with Crippen LogP contribution in [0.2, 0.25) is 0 Å². The first-order valence-electron chi connectivity index (χ1n) is 5.74. The first-order chi connectivity index (χ1) is 7.76. The van der Waals surface area contributed by atoms with Gasteiger partial charge in [-0.15, -0.1) is 0 Å². The SMILES string of the molecule is SCC1(COc2ccccc2Br)CCCC1. The number of hydrogen-bond donors (Lipinski definition) is 1. The fourth-order valence-corrected chi connectivity index (χ4v) is 3.07. The Kier molecular flexibility index (Phi) is 4.20. The molecule has 1 aromatic carbocycles. The lowest BCUT2D eigenvalue weighted by Crippen LogP contribution is -2.27. The van der Waals surface area contributed by atoms with Crippen molar-refractivity contribution >= 4 is 28.6 Å². The maximum absolute atomic E-state index is 5.92. The molecule has 0 unspecified atom stereocenters. The minimum atomic E-state index is 0.304. The fraction of sp³-hybridized carbons (Fsp3) is 0.538. The van der Waals surface area contributed by atoms with Gasteiger partial charge in [-0.25, -0.2) is 0 Å². The van der Waals surface area contributed by atoms with Gasteiger partial charge in [0.05, 0.1) is 11.1 Å². The van der Waals surface area contributed by atoms with Gasteiger partial charge >= 0.3 is 0 Å². The second kappa shape index (κ2) is 5.46. The van der Waals surface area contributed by atoms with Gasteiger partial charge in [0, 0.05) is 5.41 Å². The van der Waals surface area contributed by atoms with E-state index in [9.17, 15) is 0 Å². The van der Waals surface area contributed by atoms with Crippen LogP contribution < -0.4 is 4.74 Å². The second-order valence-corrected chi connectivity index (χ2v) is 5.75. The lowest BCUT2D eigenvalue weighted by atomic mass is 9.90. The molecule has 0 bridgehead atoms. The molecule has 1 aliphatic rings. The smallest absolute Gasteiger partial charge is 0.133 e. The van der Waals surface area contributed by atoms with Crippen molar-refractivity contribution in [3.05, 3.63) is 28.7 Å². The molecule has 1 fully saturated rings. The molecule has 2 rings (SSSR count). The van der Waals surface area contributed by atoms with Crippen molar-refractivity contribution < 1.29 is 4.74 Å². The van der Waals surface area contributed by atoms with Crippen molar-refractivity contribution in [2.45, 2.75) is 25.7 Å². The van der Waals surface area contributed by atoms with Crippen molar-refractivity contribution in [1.82, 2.24) is 0 Å². The molecule has 16 heavy (non-hydrogen) atoms. The van der Waals surface area contributed by atoms with E-state index in [1.165, 1.54) is 25.7 Å². The molecule has 1 aliphatic carbocycles. The molecule has 0 heterocycles. The van der Waals surface area contributed by atoms with Crippen LogP contribution in [0.4, 0.5) is 0 Å². The van der Waals surface area contributed by atoms with E-state index in [-0.39, 0.29) is 0 Å². The van der Waals surface area contributed by atoms with Crippen LogP contribution in [0.1, 0.15) is 25.7 Å². The average Bonchev–Trinajstić information content (AvgIpc) is 2.78. The molecule has 0 aromatic heterocycles. The molecule has 1 nitrogen and oxygen atoms in total. The summed E-state index contributed by atoms with van der Waals surface area (Å²) in [5.74, 6) is 1.87. The minimum absolute atomic E-state index is 0.304. The third-order valence-electron chi connectivity index (χ3n) is 3.37. The molecule has 0 spiro atoms. The van der Waals surface area contributed by atoms with Gasteiger partial charge in [0.25, 0.3) is 0 Å². The number of hydrogen-bond acceptors (Lipinski definition) is 2. The predicted octanol–water partition coefficient (Wildman–Crippen LogP) is 4.32. The molecule has 0 amide bonds. The summed E-state index contributed by atoms with van der Waals surface area (Å²) in [5.41, 5.74) is 0.304. The van der Waals surface area contributed by atoms with Crippen LogP contribution in [-0.2, 0) is 0 Å². The summed E-state index contributed by atoms with van der Waals surface area (Å²) in [4.78, 5) is 0. The first-order valence-corrected chi connectivity index (χ1v) is 7.17. The van der Waals surface area contributed by atoms with Crippen molar-refractivity contribution in [2.75, 3.05) is 12.4 Å². The zero-order valence-corrected chi connectivity index (χ0v) is 11.8. The van der Waals surface area contributed by atoms with Crippen molar-refractivity contribution in [3.8, 4) is 5.75 Å². The van der Waals surface area contributed by atoms with Crippen molar-refractivity contribution in [1.29, 1.82) is 0 Å². The van der Waals surface area contributed by atoms with Gasteiger partial charge in [-0.3, -0.25) is 0 Å². The Morgan fingerprint density at radius 3 is 2.56 bits per heavy atom. The third-order valence-corrected chi connectivity index (χ3v) is 4.70. The number of halogens is 1. The molecule has 0 saturated heterocycles. The van der Waals surface area contributed by atoms with Gasteiger partial charge < -0.3 is 4.74 Å². The van der Waals surface area contributed by atoms with Gasteiger partial charge in [0.15, 0.2) is 0 Å². The van der Waals surface area contributed by atoms with E-state index < -0.39 is 0 Å². The van der Waals surface area contributed by atoms with Gasteiger partial charge in [-0.2, -0.15) is 12.6 Å². The van der Waals surface area contributed by atoms with Crippen LogP contribution in [0.25, 0.3) is 0 Å². The highest BCUT2D eigenvalue weighted by Crippen LogP contribution is 2.40. The Hall–Kier alpha value is -0.150. The van der Waals surface area contributed by atoms with Crippen LogP contribution in [0.5, 0.6) is 5.75 Å². The number of thiol groups is 1. The van der Waals surface area contributed by atoms with Crippen LogP contribution in [-0.4, -0.2) is 12.4 Å². The Morgan fingerprint density at radius 1 is 1.25 bits per heavy atom. The molecule has 0 N–H and O–H groups in total. The summed E-state index contributed by atoms with van der Waals surface area (Å²) in [6, 6.07) is 8.02. The van der Waals surface area contributed by atoms with Crippen LogP contribution in [0.15, 0.2) is 28.7 Å². The Bertz CT molecular complexity index is 348. The number of rotatable bonds is 4. The molecule has 1 saturated carbocycles. The predicted molar refractivity (Wildman–Crippen MR) is 74.4 cm³/mol. The Morgan fingerprint density at radius 2 is 1.94 bits per heavy atom. The molecule has 0 aliphatic heterocycles. The third kappa shape index (κ3) is 2.75. The highest BCUT2D eigenvalue weighted by atomic mass is 79.9. The van der Waals surface area contributed by atoms with Crippen molar-refractivity contribution in [3.63, 3.8) is 0 Å². The molecule has 0 radical (unpaired) electrons. The molecule has 88 valence electrons. The molecule has 3 heteroatoms. The molecule has 1 aromatic rings. The standard InChI is InChI=1S/C13H17BrOS/c14-11-5-1-2-6-12(11)15-9-13(10-16)7-3-4-8-13/h1-2,5-6,16H,3-4,7-10H2. The second-order valence-electron chi connectivity index (χ2n) is 4.58. The molecular weight excluding hydrogens is 284 g/mol. The van der Waals surface area contributed by atoms with E-state index in [1.807, 2.05) is 24.3 Å². The summed E-state index contributed by atoms with van der Waals surface area (Å²) in [6.07, 6.45) is 5.14. The summed E-state index contributed by atoms with van der Waals surface area (Å²) in [6.45, 7) is 0.791. The van der Waals surface area contributed by atoms with E-state index in [2.05, 4.69) is 28.6 Å². The van der Waals surface area contributed by atoms with E-state index >= 15 is 0 Å². The summed E-state index contributed by atoms with van der Waals surface area (Å²) < 4.78 is 6.95. The largest absolute Gasteiger partial charge is 0.492 e. The van der Waals surface area contributed by atoms with E-state index in [1.54, 1.807) is 0 Å². The first kappa shape index (κ1) is 12.3. The summed E-state index contributed by atoms with van der Waals surface area (Å²) in [5, 5.41) is 0. The highest BCUT2D eigenvalue weighted by Gasteiger charge is 2.33. The quantitative estimate of drug-likeness (QED) is 0.815.